The quantitative estimate of drug-likeness (QED) is 0.687. The fourth-order valence-corrected chi connectivity index (χ4v) is 3.13. The largest absolute Gasteiger partial charge is 0.497 e. The number of carbonyl (C=O) groups excluding carboxylic acids is 1. The summed E-state index contributed by atoms with van der Waals surface area (Å²) < 4.78 is 5.10. The van der Waals surface area contributed by atoms with Crippen molar-refractivity contribution < 1.29 is 9.53 Å². The number of ether oxygens (including phenoxy) is 1. The molecule has 1 N–H and O–H groups in total. The maximum atomic E-state index is 12.3. The van der Waals surface area contributed by atoms with Gasteiger partial charge in [0, 0.05) is 16.5 Å². The van der Waals surface area contributed by atoms with Crippen LogP contribution in [0.3, 0.4) is 0 Å². The predicted octanol–water partition coefficient (Wildman–Crippen LogP) is 5.19. The van der Waals surface area contributed by atoms with Gasteiger partial charge in [0.05, 0.1) is 12.8 Å². The number of benzene rings is 2. The zero-order valence-electron chi connectivity index (χ0n) is 14.4. The summed E-state index contributed by atoms with van der Waals surface area (Å²) in [5, 5.41) is 5.38. The van der Waals surface area contributed by atoms with Crippen molar-refractivity contribution >= 4 is 22.4 Å². The Morgan fingerprint density at radius 3 is 2.36 bits per heavy atom. The molecule has 0 saturated heterocycles. The van der Waals surface area contributed by atoms with Gasteiger partial charge in [0.15, 0.2) is 5.13 Å². The van der Waals surface area contributed by atoms with Crippen molar-refractivity contribution in [3.8, 4) is 17.0 Å². The van der Waals surface area contributed by atoms with Crippen molar-refractivity contribution in [1.82, 2.24) is 4.98 Å². The second-order valence-corrected chi connectivity index (χ2v) is 6.86. The summed E-state index contributed by atoms with van der Waals surface area (Å²) in [5.74, 6) is 1.04. The van der Waals surface area contributed by atoms with E-state index in [1.54, 1.807) is 31.4 Å². The van der Waals surface area contributed by atoms with Crippen molar-refractivity contribution in [1.29, 1.82) is 0 Å². The standard InChI is InChI=1S/C20H20N2O2S/c1-13(2)14-4-6-15(7-5-14)18-12-25-20(21-18)22-19(23)16-8-10-17(24-3)11-9-16/h4-13H,1-3H3,(H,21,22,23). The molecule has 0 radical (unpaired) electrons. The number of nitrogens with one attached hydrogen (secondary N) is 1. The van der Waals surface area contributed by atoms with Crippen LogP contribution >= 0.6 is 11.3 Å². The summed E-state index contributed by atoms with van der Waals surface area (Å²) >= 11 is 1.42. The normalized spacial score (nSPS) is 10.7. The van der Waals surface area contributed by atoms with E-state index in [9.17, 15) is 4.79 Å². The van der Waals surface area contributed by atoms with E-state index in [2.05, 4.69) is 48.4 Å². The molecule has 3 rings (SSSR count). The van der Waals surface area contributed by atoms with E-state index in [-0.39, 0.29) is 5.91 Å². The number of amides is 1. The van der Waals surface area contributed by atoms with Gasteiger partial charge in [-0.05, 0) is 35.7 Å². The highest BCUT2D eigenvalue weighted by Crippen LogP contribution is 2.27. The van der Waals surface area contributed by atoms with Crippen LogP contribution in [0, 0.1) is 0 Å². The Hall–Kier alpha value is -2.66. The molecule has 5 heteroatoms. The lowest BCUT2D eigenvalue weighted by atomic mass is 10.0. The lowest BCUT2D eigenvalue weighted by molar-refractivity contribution is 0.102. The molecule has 0 bridgehead atoms. The van der Waals surface area contributed by atoms with E-state index in [1.807, 2.05) is 5.38 Å². The van der Waals surface area contributed by atoms with Gasteiger partial charge < -0.3 is 4.74 Å². The summed E-state index contributed by atoms with van der Waals surface area (Å²) in [6, 6.07) is 15.4. The third kappa shape index (κ3) is 4.06. The molecule has 0 atom stereocenters. The van der Waals surface area contributed by atoms with Crippen molar-refractivity contribution in [2.75, 3.05) is 12.4 Å². The first-order valence-electron chi connectivity index (χ1n) is 8.08. The average Bonchev–Trinajstić information content (AvgIpc) is 3.10. The summed E-state index contributed by atoms with van der Waals surface area (Å²) in [4.78, 5) is 16.8. The van der Waals surface area contributed by atoms with E-state index >= 15 is 0 Å². The van der Waals surface area contributed by atoms with E-state index in [0.717, 1.165) is 17.0 Å². The van der Waals surface area contributed by atoms with E-state index in [4.69, 9.17) is 4.74 Å². The SMILES string of the molecule is COc1ccc(C(=O)Nc2nc(-c3ccc(C(C)C)cc3)cs2)cc1. The number of rotatable bonds is 5. The Morgan fingerprint density at radius 2 is 1.76 bits per heavy atom. The van der Waals surface area contributed by atoms with E-state index < -0.39 is 0 Å². The second-order valence-electron chi connectivity index (χ2n) is 6.00. The summed E-state index contributed by atoms with van der Waals surface area (Å²) in [6.45, 7) is 4.34. The maximum absolute atomic E-state index is 12.3. The van der Waals surface area contributed by atoms with Crippen LogP contribution in [-0.2, 0) is 0 Å². The lowest BCUT2D eigenvalue weighted by Gasteiger charge is -2.05. The Bertz CT molecular complexity index is 852. The fraction of sp³-hybridized carbons (Fsp3) is 0.200. The molecule has 0 aliphatic heterocycles. The van der Waals surface area contributed by atoms with Crippen LogP contribution in [0.4, 0.5) is 5.13 Å². The number of carbonyl (C=O) groups is 1. The van der Waals surface area contributed by atoms with E-state index in [1.165, 1.54) is 16.9 Å². The fourth-order valence-electron chi connectivity index (χ4n) is 2.41. The number of anilines is 1. The molecule has 0 aliphatic rings. The van der Waals surface area contributed by atoms with Gasteiger partial charge in [-0.3, -0.25) is 10.1 Å². The third-order valence-corrected chi connectivity index (χ3v) is 4.71. The molecule has 0 saturated carbocycles. The summed E-state index contributed by atoms with van der Waals surface area (Å²) in [7, 11) is 1.60. The van der Waals surface area contributed by atoms with Gasteiger partial charge in [-0.25, -0.2) is 4.98 Å². The number of hydrogen-bond donors (Lipinski definition) is 1. The number of nitrogens with zero attached hydrogens (tertiary/aromatic N) is 1. The molecule has 0 fully saturated rings. The Morgan fingerprint density at radius 1 is 1.08 bits per heavy atom. The molecule has 1 aromatic heterocycles. The molecule has 0 spiro atoms. The molecule has 3 aromatic rings. The molecule has 1 amide bonds. The molecule has 1 heterocycles. The lowest BCUT2D eigenvalue weighted by Crippen LogP contribution is -2.11. The van der Waals surface area contributed by atoms with Gasteiger partial charge in [0.25, 0.3) is 5.91 Å². The van der Waals surface area contributed by atoms with Crippen LogP contribution in [0.2, 0.25) is 0 Å². The topological polar surface area (TPSA) is 51.2 Å². The van der Waals surface area contributed by atoms with Crippen LogP contribution in [-0.4, -0.2) is 18.0 Å². The first kappa shape index (κ1) is 17.2. The van der Waals surface area contributed by atoms with Crippen molar-refractivity contribution in [3.05, 3.63) is 65.0 Å². The average molecular weight is 352 g/mol. The smallest absolute Gasteiger partial charge is 0.257 e. The molecule has 4 nitrogen and oxygen atoms in total. The van der Waals surface area contributed by atoms with Crippen LogP contribution in [0.15, 0.2) is 53.9 Å². The van der Waals surface area contributed by atoms with Crippen molar-refractivity contribution in [2.24, 2.45) is 0 Å². The van der Waals surface area contributed by atoms with Gasteiger partial charge in [0.2, 0.25) is 0 Å². The van der Waals surface area contributed by atoms with Gasteiger partial charge in [-0.2, -0.15) is 0 Å². The minimum Gasteiger partial charge on any atom is -0.497 e. The minimum atomic E-state index is -0.182. The first-order chi connectivity index (χ1) is 12.1. The predicted molar refractivity (Wildman–Crippen MR) is 103 cm³/mol. The zero-order chi connectivity index (χ0) is 17.8. The maximum Gasteiger partial charge on any atom is 0.257 e. The van der Waals surface area contributed by atoms with Gasteiger partial charge in [-0.1, -0.05) is 38.1 Å². The van der Waals surface area contributed by atoms with Crippen molar-refractivity contribution in [2.45, 2.75) is 19.8 Å². The minimum absolute atomic E-state index is 0.182. The second kappa shape index (κ2) is 7.49. The molecule has 128 valence electrons. The van der Waals surface area contributed by atoms with Crippen molar-refractivity contribution in [3.63, 3.8) is 0 Å². The monoisotopic (exact) mass is 352 g/mol. The third-order valence-electron chi connectivity index (χ3n) is 3.95. The summed E-state index contributed by atoms with van der Waals surface area (Å²) in [5.41, 5.74) is 3.78. The van der Waals surface area contributed by atoms with Gasteiger partial charge in [0.1, 0.15) is 5.75 Å². The van der Waals surface area contributed by atoms with Gasteiger partial charge >= 0.3 is 0 Å². The van der Waals surface area contributed by atoms with Crippen LogP contribution in [0.25, 0.3) is 11.3 Å². The van der Waals surface area contributed by atoms with Crippen LogP contribution < -0.4 is 10.1 Å². The Labute approximate surface area is 151 Å². The molecular weight excluding hydrogens is 332 g/mol. The molecular formula is C20H20N2O2S. The van der Waals surface area contributed by atoms with E-state index in [0.29, 0.717) is 16.6 Å². The highest BCUT2D eigenvalue weighted by atomic mass is 32.1. The highest BCUT2D eigenvalue weighted by Gasteiger charge is 2.10. The number of hydrogen-bond acceptors (Lipinski definition) is 4. The molecule has 2 aromatic carbocycles. The molecule has 25 heavy (non-hydrogen) atoms. The Kier molecular flexibility index (Phi) is 5.14. The Balaban J connectivity index is 1.71. The first-order valence-corrected chi connectivity index (χ1v) is 8.96. The highest BCUT2D eigenvalue weighted by molar-refractivity contribution is 7.14. The number of aromatic nitrogens is 1. The number of methoxy groups -OCH3 is 1. The molecule has 0 aliphatic carbocycles. The molecule has 0 unspecified atom stereocenters. The summed E-state index contributed by atoms with van der Waals surface area (Å²) in [6.07, 6.45) is 0. The van der Waals surface area contributed by atoms with Gasteiger partial charge in [-0.15, -0.1) is 11.3 Å². The van der Waals surface area contributed by atoms with Crippen LogP contribution in [0.5, 0.6) is 5.75 Å². The number of thiazole rings is 1. The zero-order valence-corrected chi connectivity index (χ0v) is 15.3. The van der Waals surface area contributed by atoms with Crippen LogP contribution in [0.1, 0.15) is 35.7 Å².